The van der Waals surface area contributed by atoms with Gasteiger partial charge in [0.2, 0.25) is 0 Å². The van der Waals surface area contributed by atoms with Crippen LogP contribution in [-0.2, 0) is 17.8 Å². The van der Waals surface area contributed by atoms with Gasteiger partial charge < -0.3 is 9.67 Å². The Morgan fingerprint density at radius 1 is 1.33 bits per heavy atom. The summed E-state index contributed by atoms with van der Waals surface area (Å²) in [5, 5.41) is 8.89. The van der Waals surface area contributed by atoms with Crippen molar-refractivity contribution in [2.75, 3.05) is 0 Å². The molecule has 2 aromatic rings. The predicted octanol–water partition coefficient (Wildman–Crippen LogP) is 3.06. The minimum Gasteiger partial charge on any atom is -0.481 e. The maximum atomic E-state index is 11.5. The lowest BCUT2D eigenvalue weighted by molar-refractivity contribution is -0.137. The van der Waals surface area contributed by atoms with Crippen molar-refractivity contribution in [1.82, 2.24) is 9.55 Å². The molecule has 0 saturated heterocycles. The van der Waals surface area contributed by atoms with E-state index in [-0.39, 0.29) is 12.2 Å². The highest BCUT2D eigenvalue weighted by atomic mass is 16.4. The van der Waals surface area contributed by atoms with Gasteiger partial charge in [-0.25, -0.2) is 4.98 Å². The van der Waals surface area contributed by atoms with Gasteiger partial charge in [0.25, 0.3) is 0 Å². The average Bonchev–Trinajstić information content (AvgIpc) is 2.79. The van der Waals surface area contributed by atoms with E-state index >= 15 is 0 Å². The number of carboxylic acids is 1. The first-order valence-electron chi connectivity index (χ1n) is 7.24. The molecule has 1 N–H and O–H groups in total. The van der Waals surface area contributed by atoms with Gasteiger partial charge in [-0.15, -0.1) is 0 Å². The average molecular weight is 288 g/mol. The number of carbonyl (C=O) groups excluding carboxylic acids is 1. The van der Waals surface area contributed by atoms with Gasteiger partial charge >= 0.3 is 5.97 Å². The van der Waals surface area contributed by atoms with E-state index in [1.165, 1.54) is 6.92 Å². The van der Waals surface area contributed by atoms with Crippen molar-refractivity contribution < 1.29 is 14.7 Å². The smallest absolute Gasteiger partial charge is 0.305 e. The van der Waals surface area contributed by atoms with Crippen molar-refractivity contribution >= 4 is 22.8 Å². The van der Waals surface area contributed by atoms with Gasteiger partial charge in [-0.05, 0) is 31.5 Å². The van der Waals surface area contributed by atoms with Crippen molar-refractivity contribution in [3.63, 3.8) is 0 Å². The lowest BCUT2D eigenvalue weighted by atomic mass is 10.1. The lowest BCUT2D eigenvalue weighted by Gasteiger charge is -2.07. The molecule has 5 nitrogen and oxygen atoms in total. The number of carbonyl (C=O) groups is 2. The second kappa shape index (κ2) is 6.52. The van der Waals surface area contributed by atoms with Crippen LogP contribution in [0.25, 0.3) is 11.0 Å². The highest BCUT2D eigenvalue weighted by Gasteiger charge is 2.13. The summed E-state index contributed by atoms with van der Waals surface area (Å²) in [4.78, 5) is 26.9. The molecule has 5 heteroatoms. The number of rotatable bonds is 7. The van der Waals surface area contributed by atoms with Gasteiger partial charge in [-0.3, -0.25) is 9.59 Å². The summed E-state index contributed by atoms with van der Waals surface area (Å²) < 4.78 is 1.96. The fourth-order valence-electron chi connectivity index (χ4n) is 2.38. The van der Waals surface area contributed by atoms with Crippen molar-refractivity contribution in [1.29, 1.82) is 0 Å². The predicted molar refractivity (Wildman–Crippen MR) is 80.6 cm³/mol. The third kappa shape index (κ3) is 3.48. The number of aromatic nitrogens is 2. The number of carboxylic acid groups (broad SMARTS) is 1. The second-order valence-electron chi connectivity index (χ2n) is 5.19. The third-order valence-corrected chi connectivity index (χ3v) is 3.54. The van der Waals surface area contributed by atoms with Crippen LogP contribution in [0.15, 0.2) is 18.2 Å². The molecule has 0 amide bonds. The molecular weight excluding hydrogens is 268 g/mol. The number of hydrogen-bond acceptors (Lipinski definition) is 3. The molecule has 1 heterocycles. The number of imidazole rings is 1. The normalized spacial score (nSPS) is 11.0. The van der Waals surface area contributed by atoms with Crippen LogP contribution in [0.4, 0.5) is 0 Å². The van der Waals surface area contributed by atoms with E-state index in [9.17, 15) is 9.59 Å². The van der Waals surface area contributed by atoms with E-state index in [0.29, 0.717) is 12.1 Å². The minimum absolute atomic E-state index is 0.00657. The van der Waals surface area contributed by atoms with E-state index < -0.39 is 5.97 Å². The zero-order valence-corrected chi connectivity index (χ0v) is 12.4. The van der Waals surface area contributed by atoms with Crippen LogP contribution in [0, 0.1) is 0 Å². The molecule has 0 aliphatic carbocycles. The largest absolute Gasteiger partial charge is 0.481 e. The Hall–Kier alpha value is -2.17. The third-order valence-electron chi connectivity index (χ3n) is 3.54. The number of nitrogens with zero attached hydrogens (tertiary/aromatic N) is 2. The molecule has 0 saturated carbocycles. The Labute approximate surface area is 123 Å². The van der Waals surface area contributed by atoms with Crippen LogP contribution in [0.2, 0.25) is 0 Å². The van der Waals surface area contributed by atoms with Crippen molar-refractivity contribution in [2.24, 2.45) is 0 Å². The summed E-state index contributed by atoms with van der Waals surface area (Å²) in [6.07, 6.45) is 2.95. The highest BCUT2D eigenvalue weighted by molar-refractivity contribution is 5.97. The number of unbranched alkanes of at least 4 members (excludes halogenated alkanes) is 1. The fourth-order valence-corrected chi connectivity index (χ4v) is 2.38. The standard InChI is InChI=1S/C16H20N2O3/c1-3-4-5-15-17-13-10-12(11(2)19)6-7-14(13)18(15)9-8-16(20)21/h6-7,10H,3-5,8-9H2,1-2H3,(H,20,21). The van der Waals surface area contributed by atoms with Crippen LogP contribution in [0.3, 0.4) is 0 Å². The molecule has 2 rings (SSSR count). The molecule has 0 spiro atoms. The van der Waals surface area contributed by atoms with E-state index in [1.54, 1.807) is 12.1 Å². The Morgan fingerprint density at radius 2 is 2.10 bits per heavy atom. The zero-order chi connectivity index (χ0) is 15.4. The van der Waals surface area contributed by atoms with E-state index in [1.807, 2.05) is 10.6 Å². The quantitative estimate of drug-likeness (QED) is 0.795. The number of benzene rings is 1. The van der Waals surface area contributed by atoms with Crippen LogP contribution in [0.1, 0.15) is 49.3 Å². The summed E-state index contributed by atoms with van der Waals surface area (Å²) in [5.74, 6) is 0.0829. The molecule has 0 bridgehead atoms. The highest BCUT2D eigenvalue weighted by Crippen LogP contribution is 2.20. The summed E-state index contributed by atoms with van der Waals surface area (Å²) in [7, 11) is 0. The van der Waals surface area contributed by atoms with Crippen LogP contribution < -0.4 is 0 Å². The molecular formula is C16H20N2O3. The first kappa shape index (κ1) is 15.2. The van der Waals surface area contributed by atoms with Crippen LogP contribution in [-0.4, -0.2) is 26.4 Å². The number of Topliss-reactive ketones (excluding diaryl/α,β-unsaturated/α-hetero) is 1. The van der Waals surface area contributed by atoms with Gasteiger partial charge in [0.1, 0.15) is 5.82 Å². The van der Waals surface area contributed by atoms with Gasteiger partial charge in [0.05, 0.1) is 17.5 Å². The molecule has 21 heavy (non-hydrogen) atoms. The Bertz CT molecular complexity index is 673. The maximum Gasteiger partial charge on any atom is 0.305 e. The Kier molecular flexibility index (Phi) is 4.73. The maximum absolute atomic E-state index is 11.5. The SMILES string of the molecule is CCCCc1nc2cc(C(C)=O)ccc2n1CCC(=O)O. The van der Waals surface area contributed by atoms with Crippen molar-refractivity contribution in [3.05, 3.63) is 29.6 Å². The van der Waals surface area contributed by atoms with Gasteiger partial charge in [0.15, 0.2) is 5.78 Å². The van der Waals surface area contributed by atoms with Crippen LogP contribution >= 0.6 is 0 Å². The van der Waals surface area contributed by atoms with E-state index in [0.717, 1.165) is 36.1 Å². The number of hydrogen-bond donors (Lipinski definition) is 1. The summed E-state index contributed by atoms with van der Waals surface area (Å²) in [5.41, 5.74) is 2.29. The number of aryl methyl sites for hydroxylation is 2. The van der Waals surface area contributed by atoms with Crippen molar-refractivity contribution in [2.45, 2.75) is 46.1 Å². The Morgan fingerprint density at radius 3 is 2.71 bits per heavy atom. The first-order chi connectivity index (χ1) is 10.0. The first-order valence-corrected chi connectivity index (χ1v) is 7.24. The summed E-state index contributed by atoms with van der Waals surface area (Å²) in [6, 6.07) is 5.41. The molecule has 112 valence electrons. The van der Waals surface area contributed by atoms with Gasteiger partial charge in [-0.2, -0.15) is 0 Å². The second-order valence-corrected chi connectivity index (χ2v) is 5.19. The molecule has 0 unspecified atom stereocenters. The summed E-state index contributed by atoms with van der Waals surface area (Å²) in [6.45, 7) is 4.04. The topological polar surface area (TPSA) is 72.2 Å². The molecule has 0 aliphatic rings. The number of fused-ring (bicyclic) bond motifs is 1. The molecule has 0 aliphatic heterocycles. The van der Waals surface area contributed by atoms with E-state index in [2.05, 4.69) is 11.9 Å². The van der Waals surface area contributed by atoms with Crippen LogP contribution in [0.5, 0.6) is 0 Å². The molecule has 0 atom stereocenters. The van der Waals surface area contributed by atoms with E-state index in [4.69, 9.17) is 5.11 Å². The molecule has 1 aromatic heterocycles. The number of aliphatic carboxylic acids is 1. The molecule has 0 fully saturated rings. The van der Waals surface area contributed by atoms with Crippen molar-refractivity contribution in [3.8, 4) is 0 Å². The zero-order valence-electron chi connectivity index (χ0n) is 12.4. The Balaban J connectivity index is 2.44. The number of ketones is 1. The van der Waals surface area contributed by atoms with Gasteiger partial charge in [0, 0.05) is 18.5 Å². The molecule has 1 aromatic carbocycles. The lowest BCUT2D eigenvalue weighted by Crippen LogP contribution is -2.08. The monoisotopic (exact) mass is 288 g/mol. The minimum atomic E-state index is -0.821. The van der Waals surface area contributed by atoms with Gasteiger partial charge in [-0.1, -0.05) is 13.3 Å². The fraction of sp³-hybridized carbons (Fsp3) is 0.438. The molecule has 0 radical (unpaired) electrons. The summed E-state index contributed by atoms with van der Waals surface area (Å²) >= 11 is 0.